The number of nitrogens with one attached hydrogen (secondary N) is 1. The predicted octanol–water partition coefficient (Wildman–Crippen LogP) is 4.84. The maximum absolute atomic E-state index is 12.9. The van der Waals surface area contributed by atoms with Crippen LogP contribution in [-0.4, -0.2) is 44.9 Å². The lowest BCUT2D eigenvalue weighted by molar-refractivity contribution is -0.113. The number of primary amides is 1. The molecule has 3 aromatic rings. The normalized spacial score (nSPS) is 13.0. The molecule has 0 atom stereocenters. The molecule has 0 aromatic carbocycles. The Kier molecular flexibility index (Phi) is 8.16. The maximum Gasteiger partial charge on any atom is 0.341 e. The van der Waals surface area contributed by atoms with Crippen molar-refractivity contribution in [2.75, 3.05) is 17.7 Å². The average molecular weight is 548 g/mol. The molecule has 3 aromatic heterocycles. The summed E-state index contributed by atoms with van der Waals surface area (Å²) in [6, 6.07) is 0.105. The second-order valence-electron chi connectivity index (χ2n) is 8.71. The van der Waals surface area contributed by atoms with Gasteiger partial charge in [0, 0.05) is 21.9 Å². The first-order chi connectivity index (χ1) is 17.2. The summed E-state index contributed by atoms with van der Waals surface area (Å²) in [6.07, 6.45) is 4.58. The molecule has 1 aliphatic carbocycles. The third-order valence-electron chi connectivity index (χ3n) is 5.92. The van der Waals surface area contributed by atoms with Gasteiger partial charge in [0.15, 0.2) is 11.0 Å². The van der Waals surface area contributed by atoms with E-state index in [9.17, 15) is 14.4 Å². The number of hydrogen-bond donors (Lipinski definition) is 2. The lowest BCUT2D eigenvalue weighted by atomic mass is 9.95. The number of ether oxygens (including phenoxy) is 1. The number of nitrogens with two attached hydrogens (primary N) is 1. The Morgan fingerprint density at radius 1 is 1.25 bits per heavy atom. The molecule has 0 fully saturated rings. The first-order valence-electron chi connectivity index (χ1n) is 11.8. The van der Waals surface area contributed by atoms with Crippen molar-refractivity contribution >= 4 is 57.2 Å². The van der Waals surface area contributed by atoms with Gasteiger partial charge < -0.3 is 15.8 Å². The summed E-state index contributed by atoms with van der Waals surface area (Å²) in [5.74, 6) is -0.721. The minimum absolute atomic E-state index is 0.0533. The number of anilines is 1. The van der Waals surface area contributed by atoms with E-state index in [2.05, 4.69) is 39.3 Å². The molecule has 4 rings (SSSR count). The molecule has 0 aliphatic heterocycles. The third kappa shape index (κ3) is 5.21. The molecule has 2 amide bonds. The highest BCUT2D eigenvalue weighted by atomic mass is 32.2. The summed E-state index contributed by atoms with van der Waals surface area (Å²) in [7, 11) is 0. The monoisotopic (exact) mass is 547 g/mol. The molecule has 0 spiro atoms. The number of aryl methyl sites for hydroxylation is 1. The van der Waals surface area contributed by atoms with Crippen molar-refractivity contribution in [2.24, 2.45) is 5.73 Å². The van der Waals surface area contributed by atoms with E-state index >= 15 is 0 Å². The number of fused-ring (bicyclic) bond motifs is 1. The van der Waals surface area contributed by atoms with Crippen molar-refractivity contribution in [3.8, 4) is 11.4 Å². The average Bonchev–Trinajstić information content (AvgIpc) is 3.52. The van der Waals surface area contributed by atoms with Gasteiger partial charge in [-0.1, -0.05) is 11.8 Å². The zero-order valence-corrected chi connectivity index (χ0v) is 23.1. The van der Waals surface area contributed by atoms with Gasteiger partial charge in [0.1, 0.15) is 5.00 Å². The van der Waals surface area contributed by atoms with Crippen LogP contribution in [0.25, 0.3) is 11.4 Å². The molecule has 3 N–H and O–H groups in total. The Labute approximate surface area is 221 Å². The van der Waals surface area contributed by atoms with Crippen LogP contribution in [0, 0.1) is 6.92 Å². The summed E-state index contributed by atoms with van der Waals surface area (Å²) >= 11 is 4.04. The summed E-state index contributed by atoms with van der Waals surface area (Å²) < 4.78 is 7.18. The molecule has 0 bridgehead atoms. The summed E-state index contributed by atoms with van der Waals surface area (Å²) in [5.41, 5.74) is 8.52. The molecular weight excluding hydrogens is 518 g/mol. The smallest absolute Gasteiger partial charge is 0.341 e. The molecule has 12 heteroatoms. The van der Waals surface area contributed by atoms with E-state index in [0.29, 0.717) is 10.7 Å². The number of carbonyl (C=O) groups is 3. The Hall–Kier alpha value is -2.70. The highest BCUT2D eigenvalue weighted by Gasteiger charge is 2.27. The topological polar surface area (TPSA) is 129 Å². The van der Waals surface area contributed by atoms with Gasteiger partial charge in [-0.25, -0.2) is 4.79 Å². The van der Waals surface area contributed by atoms with Crippen molar-refractivity contribution < 1.29 is 19.1 Å². The Bertz CT molecular complexity index is 1310. The minimum Gasteiger partial charge on any atom is -0.462 e. The quantitative estimate of drug-likeness (QED) is 0.290. The van der Waals surface area contributed by atoms with Gasteiger partial charge in [-0.05, 0) is 64.5 Å². The molecule has 0 radical (unpaired) electrons. The standard InChI is InChI=1S/C24H29N5O4S3/c1-5-33-23(32)18-13(4)19(20(25)31)36-22(18)26-17(30)11-35-24-28-27-21(29(24)12(2)3)15-10-34-16-9-7-6-8-14(15)16/h10,12H,5-9,11H2,1-4H3,(H2,25,31)(H,26,30). The van der Waals surface area contributed by atoms with Crippen LogP contribution in [0.3, 0.4) is 0 Å². The summed E-state index contributed by atoms with van der Waals surface area (Å²) in [6.45, 7) is 7.61. The number of carbonyl (C=O) groups excluding carboxylic acids is 3. The molecule has 1 aliphatic rings. The fraction of sp³-hybridized carbons (Fsp3) is 0.458. The van der Waals surface area contributed by atoms with Crippen LogP contribution in [0.15, 0.2) is 10.5 Å². The number of amides is 2. The van der Waals surface area contributed by atoms with Crippen molar-refractivity contribution in [3.05, 3.63) is 31.8 Å². The first-order valence-corrected chi connectivity index (χ1v) is 14.5. The van der Waals surface area contributed by atoms with Crippen molar-refractivity contribution in [2.45, 2.75) is 64.6 Å². The minimum atomic E-state index is -0.661. The van der Waals surface area contributed by atoms with E-state index in [1.807, 2.05) is 0 Å². The number of aromatic nitrogens is 3. The number of thiophene rings is 2. The van der Waals surface area contributed by atoms with Gasteiger partial charge in [0.25, 0.3) is 5.91 Å². The van der Waals surface area contributed by atoms with E-state index in [1.165, 1.54) is 35.0 Å². The van der Waals surface area contributed by atoms with E-state index in [0.717, 1.165) is 35.6 Å². The molecule has 0 saturated carbocycles. The van der Waals surface area contributed by atoms with Crippen molar-refractivity contribution in [1.29, 1.82) is 0 Å². The van der Waals surface area contributed by atoms with E-state index in [1.54, 1.807) is 25.2 Å². The number of nitrogens with zero attached hydrogens (tertiary/aromatic N) is 3. The molecule has 0 saturated heterocycles. The van der Waals surface area contributed by atoms with Gasteiger partial charge in [0.2, 0.25) is 5.91 Å². The molecule has 3 heterocycles. The summed E-state index contributed by atoms with van der Waals surface area (Å²) in [4.78, 5) is 38.8. The summed E-state index contributed by atoms with van der Waals surface area (Å²) in [5, 5.41) is 14.7. The second-order valence-corrected chi connectivity index (χ2v) is 11.6. The first kappa shape index (κ1) is 26.4. The van der Waals surface area contributed by atoms with Gasteiger partial charge in [-0.3, -0.25) is 14.2 Å². The highest BCUT2D eigenvalue weighted by molar-refractivity contribution is 7.99. The Morgan fingerprint density at radius 2 is 2.00 bits per heavy atom. The van der Waals surface area contributed by atoms with Gasteiger partial charge >= 0.3 is 5.97 Å². The zero-order valence-electron chi connectivity index (χ0n) is 20.7. The zero-order chi connectivity index (χ0) is 26.0. The molecule has 9 nitrogen and oxygen atoms in total. The molecular formula is C24H29N5O4S3. The predicted molar refractivity (Wildman–Crippen MR) is 143 cm³/mol. The SMILES string of the molecule is CCOC(=O)c1c(NC(=O)CSc2nnc(-c3csc4c3CCCC4)n2C(C)C)sc(C(N)=O)c1C. The Morgan fingerprint density at radius 3 is 2.69 bits per heavy atom. The lowest BCUT2D eigenvalue weighted by Gasteiger charge is -2.16. The van der Waals surface area contributed by atoms with Crippen LogP contribution in [0.1, 0.15) is 75.7 Å². The molecule has 192 valence electrons. The number of esters is 1. The fourth-order valence-corrected chi connectivity index (χ4v) is 7.34. The van der Waals surface area contributed by atoms with E-state index in [4.69, 9.17) is 10.5 Å². The number of thioether (sulfide) groups is 1. The number of rotatable bonds is 9. The molecule has 0 unspecified atom stereocenters. The lowest BCUT2D eigenvalue weighted by Crippen LogP contribution is -2.17. The molecule has 36 heavy (non-hydrogen) atoms. The maximum atomic E-state index is 12.9. The van der Waals surface area contributed by atoms with Crippen molar-refractivity contribution in [1.82, 2.24) is 14.8 Å². The number of hydrogen-bond acceptors (Lipinski definition) is 9. The Balaban J connectivity index is 1.53. The highest BCUT2D eigenvalue weighted by Crippen LogP contribution is 2.38. The van der Waals surface area contributed by atoms with Crippen LogP contribution >= 0.6 is 34.4 Å². The van der Waals surface area contributed by atoms with Crippen molar-refractivity contribution in [3.63, 3.8) is 0 Å². The van der Waals surface area contributed by atoms with Gasteiger partial charge in [-0.15, -0.1) is 32.9 Å². The van der Waals surface area contributed by atoms with Crippen LogP contribution < -0.4 is 11.1 Å². The van der Waals surface area contributed by atoms with E-state index < -0.39 is 11.9 Å². The van der Waals surface area contributed by atoms with Crippen LogP contribution in [0.2, 0.25) is 0 Å². The van der Waals surface area contributed by atoms with Gasteiger partial charge in [0.05, 0.1) is 22.8 Å². The van der Waals surface area contributed by atoms with Crippen LogP contribution in [0.5, 0.6) is 0 Å². The van der Waals surface area contributed by atoms with Crippen LogP contribution in [0.4, 0.5) is 5.00 Å². The van der Waals surface area contributed by atoms with E-state index in [-0.39, 0.29) is 39.8 Å². The second kappa shape index (κ2) is 11.1. The fourth-order valence-electron chi connectivity index (χ4n) is 4.28. The van der Waals surface area contributed by atoms with Crippen LogP contribution in [-0.2, 0) is 22.4 Å². The largest absolute Gasteiger partial charge is 0.462 e. The third-order valence-corrected chi connectivity index (χ3v) is 9.17. The van der Waals surface area contributed by atoms with Gasteiger partial charge in [-0.2, -0.15) is 0 Å².